The summed E-state index contributed by atoms with van der Waals surface area (Å²) in [5.41, 5.74) is 2.84. The zero-order valence-corrected chi connectivity index (χ0v) is 15.1. The van der Waals surface area contributed by atoms with Crippen molar-refractivity contribution in [1.29, 1.82) is 4.78 Å². The summed E-state index contributed by atoms with van der Waals surface area (Å²) < 4.78 is 23.0. The SMILES string of the molecule is Cc1nc2ncnn2c(-n2cccn2)c1Cc1ccc(S(C)(=N)=O)cc1. The van der Waals surface area contributed by atoms with Crippen LogP contribution in [0.1, 0.15) is 16.8 Å². The third kappa shape index (κ3) is 2.86. The molecule has 0 aliphatic carbocycles. The molecule has 1 N–H and O–H groups in total. The molecule has 0 aliphatic rings. The number of fused-ring (bicyclic) bond motifs is 1. The van der Waals surface area contributed by atoms with E-state index in [2.05, 4.69) is 20.2 Å². The highest BCUT2D eigenvalue weighted by Gasteiger charge is 2.17. The molecule has 1 atom stereocenters. The second-order valence-corrected chi connectivity index (χ2v) is 8.24. The van der Waals surface area contributed by atoms with Gasteiger partial charge in [0.1, 0.15) is 6.33 Å². The van der Waals surface area contributed by atoms with Gasteiger partial charge in [-0.15, -0.1) is 0 Å². The van der Waals surface area contributed by atoms with E-state index < -0.39 is 9.73 Å². The molecule has 0 radical (unpaired) electrons. The Bertz CT molecular complexity index is 1180. The van der Waals surface area contributed by atoms with Gasteiger partial charge in [-0.1, -0.05) is 12.1 Å². The fraction of sp³-hybridized carbons (Fsp3) is 0.176. The molecule has 3 heterocycles. The molecule has 1 unspecified atom stereocenters. The van der Waals surface area contributed by atoms with Crippen molar-refractivity contribution < 1.29 is 4.21 Å². The van der Waals surface area contributed by atoms with E-state index in [1.807, 2.05) is 31.3 Å². The number of nitrogens with one attached hydrogen (secondary N) is 1. The molecule has 132 valence electrons. The van der Waals surface area contributed by atoms with E-state index >= 15 is 0 Å². The normalized spacial score (nSPS) is 13.8. The number of hydrogen-bond donors (Lipinski definition) is 1. The molecule has 9 heteroatoms. The van der Waals surface area contributed by atoms with Gasteiger partial charge in [-0.2, -0.15) is 19.7 Å². The van der Waals surface area contributed by atoms with Crippen LogP contribution in [0.15, 0.2) is 53.9 Å². The fourth-order valence-corrected chi connectivity index (χ4v) is 3.53. The highest BCUT2D eigenvalue weighted by Crippen LogP contribution is 2.22. The highest BCUT2D eigenvalue weighted by molar-refractivity contribution is 7.91. The summed E-state index contributed by atoms with van der Waals surface area (Å²) in [6, 6.07) is 9.13. The lowest BCUT2D eigenvalue weighted by Crippen LogP contribution is -2.12. The summed E-state index contributed by atoms with van der Waals surface area (Å²) >= 11 is 0. The minimum absolute atomic E-state index is 0.520. The maximum atomic E-state index is 11.9. The van der Waals surface area contributed by atoms with Gasteiger partial charge in [0.05, 0.1) is 9.73 Å². The molecule has 0 fully saturated rings. The lowest BCUT2D eigenvalue weighted by molar-refractivity contribution is 0.679. The third-order valence-electron chi connectivity index (χ3n) is 4.18. The van der Waals surface area contributed by atoms with Gasteiger partial charge in [0.15, 0.2) is 5.82 Å². The molecule has 0 amide bonds. The smallest absolute Gasteiger partial charge is 0.249 e. The Morgan fingerprint density at radius 3 is 2.62 bits per heavy atom. The van der Waals surface area contributed by atoms with Gasteiger partial charge >= 0.3 is 0 Å². The van der Waals surface area contributed by atoms with Crippen molar-refractivity contribution in [2.24, 2.45) is 0 Å². The van der Waals surface area contributed by atoms with Crippen molar-refractivity contribution in [2.45, 2.75) is 18.2 Å². The maximum Gasteiger partial charge on any atom is 0.254 e. The summed E-state index contributed by atoms with van der Waals surface area (Å²) in [4.78, 5) is 9.24. The molecule has 0 bridgehead atoms. The summed E-state index contributed by atoms with van der Waals surface area (Å²) in [7, 11) is -2.71. The standard InChI is InChI=1S/C17H17N7OS/c1-12-15(10-13-4-6-14(7-5-13)26(2,18)25)16(23-9-3-8-20-23)24-17(22-12)19-11-21-24/h3-9,11,18H,10H2,1-2H3. The first-order chi connectivity index (χ1) is 12.4. The lowest BCUT2D eigenvalue weighted by Gasteiger charge is -2.14. The van der Waals surface area contributed by atoms with Gasteiger partial charge < -0.3 is 0 Å². The molecule has 4 aromatic rings. The van der Waals surface area contributed by atoms with E-state index in [9.17, 15) is 4.21 Å². The largest absolute Gasteiger partial charge is 0.254 e. The Labute approximate surface area is 150 Å². The lowest BCUT2D eigenvalue weighted by atomic mass is 10.0. The number of rotatable bonds is 4. The van der Waals surface area contributed by atoms with E-state index in [0.29, 0.717) is 17.1 Å². The number of nitrogens with zero attached hydrogens (tertiary/aromatic N) is 6. The van der Waals surface area contributed by atoms with Gasteiger partial charge in [0, 0.05) is 41.2 Å². The first-order valence-corrected chi connectivity index (χ1v) is 9.92. The minimum atomic E-state index is -2.71. The minimum Gasteiger partial charge on any atom is -0.249 e. The second kappa shape index (κ2) is 6.03. The van der Waals surface area contributed by atoms with E-state index in [0.717, 1.165) is 22.6 Å². The topological polar surface area (TPSA) is 102 Å². The molecule has 0 aliphatic heterocycles. The van der Waals surface area contributed by atoms with Gasteiger partial charge in [-0.3, -0.25) is 0 Å². The van der Waals surface area contributed by atoms with Gasteiger partial charge in [0.25, 0.3) is 5.78 Å². The van der Waals surface area contributed by atoms with Crippen LogP contribution in [0.25, 0.3) is 11.6 Å². The molecule has 3 aromatic heterocycles. The molecular weight excluding hydrogens is 350 g/mol. The number of aryl methyl sites for hydroxylation is 1. The van der Waals surface area contributed by atoms with Crippen molar-refractivity contribution in [3.8, 4) is 5.82 Å². The van der Waals surface area contributed by atoms with Crippen LogP contribution >= 0.6 is 0 Å². The molecule has 0 saturated carbocycles. The first-order valence-electron chi connectivity index (χ1n) is 7.95. The quantitative estimate of drug-likeness (QED) is 0.596. The second-order valence-electron chi connectivity index (χ2n) is 6.09. The maximum absolute atomic E-state index is 11.9. The van der Waals surface area contributed by atoms with Crippen LogP contribution in [0.3, 0.4) is 0 Å². The van der Waals surface area contributed by atoms with Crippen LogP contribution in [0.4, 0.5) is 0 Å². The van der Waals surface area contributed by atoms with Crippen LogP contribution < -0.4 is 0 Å². The van der Waals surface area contributed by atoms with Crippen molar-refractivity contribution in [2.75, 3.05) is 6.26 Å². The van der Waals surface area contributed by atoms with Crippen molar-refractivity contribution in [3.05, 3.63) is 65.9 Å². The fourth-order valence-electron chi connectivity index (χ4n) is 2.88. The van der Waals surface area contributed by atoms with E-state index in [4.69, 9.17) is 4.78 Å². The summed E-state index contributed by atoms with van der Waals surface area (Å²) in [5, 5.41) is 8.63. The van der Waals surface area contributed by atoms with Crippen molar-refractivity contribution in [3.63, 3.8) is 0 Å². The van der Waals surface area contributed by atoms with Crippen LogP contribution in [-0.2, 0) is 16.1 Å². The summed E-state index contributed by atoms with van der Waals surface area (Å²) in [5.74, 6) is 1.31. The highest BCUT2D eigenvalue weighted by atomic mass is 32.2. The van der Waals surface area contributed by atoms with Crippen LogP contribution in [-0.4, -0.2) is 39.8 Å². The zero-order valence-electron chi connectivity index (χ0n) is 14.3. The Kier molecular flexibility index (Phi) is 3.80. The third-order valence-corrected chi connectivity index (χ3v) is 5.35. The number of hydrogen-bond acceptors (Lipinski definition) is 6. The van der Waals surface area contributed by atoms with Gasteiger partial charge in [-0.25, -0.2) is 18.7 Å². The zero-order chi connectivity index (χ0) is 18.3. The summed E-state index contributed by atoms with van der Waals surface area (Å²) in [6.07, 6.45) is 7.06. The Hall–Kier alpha value is -3.07. The molecule has 4 rings (SSSR count). The Morgan fingerprint density at radius 1 is 1.19 bits per heavy atom. The van der Waals surface area contributed by atoms with E-state index in [1.165, 1.54) is 12.6 Å². The van der Waals surface area contributed by atoms with Crippen molar-refractivity contribution >= 4 is 15.5 Å². The summed E-state index contributed by atoms with van der Waals surface area (Å²) in [6.45, 7) is 1.94. The van der Waals surface area contributed by atoms with E-state index in [1.54, 1.807) is 27.5 Å². The van der Waals surface area contributed by atoms with Crippen LogP contribution in [0.2, 0.25) is 0 Å². The molecule has 0 saturated heterocycles. The predicted molar refractivity (Wildman–Crippen MR) is 96.9 cm³/mol. The average molecular weight is 367 g/mol. The first kappa shape index (κ1) is 16.4. The average Bonchev–Trinajstić information content (AvgIpc) is 3.26. The molecule has 8 nitrogen and oxygen atoms in total. The number of aromatic nitrogens is 6. The molecule has 1 aromatic carbocycles. The Balaban J connectivity index is 1.84. The molecule has 0 spiro atoms. The monoisotopic (exact) mass is 367 g/mol. The van der Waals surface area contributed by atoms with E-state index in [-0.39, 0.29) is 0 Å². The van der Waals surface area contributed by atoms with Gasteiger partial charge in [0.2, 0.25) is 0 Å². The van der Waals surface area contributed by atoms with Gasteiger partial charge in [-0.05, 0) is 30.7 Å². The predicted octanol–water partition coefficient (Wildman–Crippen LogP) is 2.24. The number of benzene rings is 1. The molecular formula is C17H17N7OS. The molecule has 26 heavy (non-hydrogen) atoms. The van der Waals surface area contributed by atoms with Crippen LogP contribution in [0, 0.1) is 11.7 Å². The van der Waals surface area contributed by atoms with Crippen molar-refractivity contribution in [1.82, 2.24) is 29.4 Å². The van der Waals surface area contributed by atoms with Crippen LogP contribution in [0.5, 0.6) is 0 Å². The Morgan fingerprint density at radius 2 is 1.96 bits per heavy atom.